The zero-order chi connectivity index (χ0) is 19.0. The third-order valence-corrected chi connectivity index (χ3v) is 7.53. The van der Waals surface area contributed by atoms with Gasteiger partial charge in [-0.2, -0.15) is 0 Å². The van der Waals surface area contributed by atoms with Gasteiger partial charge in [-0.15, -0.1) is 0 Å². The van der Waals surface area contributed by atoms with Crippen LogP contribution in [0.3, 0.4) is 0 Å². The summed E-state index contributed by atoms with van der Waals surface area (Å²) in [6.45, 7) is 8.59. The molecular formula is C23H30N2O2. The van der Waals surface area contributed by atoms with Crippen LogP contribution in [0.25, 0.3) is 0 Å². The third kappa shape index (κ3) is 2.79. The highest BCUT2D eigenvalue weighted by Gasteiger charge is 2.59. The first-order valence-electron chi connectivity index (χ1n) is 10.5. The minimum atomic E-state index is -0.0443. The lowest BCUT2D eigenvalue weighted by Gasteiger charge is -2.45. The molecule has 0 aromatic heterocycles. The van der Waals surface area contributed by atoms with Crippen molar-refractivity contribution in [1.82, 2.24) is 10.2 Å². The SMILES string of the molecule is CC(C)(C)c1ccc([C@H]2[C@@H]3CN(C(=O)[C@H]4C[C@]5(CCC(=O)N5)C4)C[C@@H]32)cc1. The lowest BCUT2D eigenvalue weighted by molar-refractivity contribution is -0.141. The average molecular weight is 367 g/mol. The molecule has 0 unspecified atom stereocenters. The van der Waals surface area contributed by atoms with Gasteiger partial charge in [0, 0.05) is 31.0 Å². The molecule has 144 valence electrons. The number of likely N-dealkylation sites (tertiary alicyclic amines) is 1. The van der Waals surface area contributed by atoms with E-state index in [2.05, 4.69) is 55.3 Å². The Morgan fingerprint density at radius 3 is 2.26 bits per heavy atom. The van der Waals surface area contributed by atoms with Crippen LogP contribution in [0.4, 0.5) is 0 Å². The predicted octanol–water partition coefficient (Wildman–Crippen LogP) is 3.21. The monoisotopic (exact) mass is 366 g/mol. The maximum Gasteiger partial charge on any atom is 0.225 e. The van der Waals surface area contributed by atoms with Gasteiger partial charge in [-0.1, -0.05) is 45.0 Å². The normalized spacial score (nSPS) is 37.1. The van der Waals surface area contributed by atoms with E-state index in [-0.39, 0.29) is 22.8 Å². The van der Waals surface area contributed by atoms with Crippen LogP contribution in [0, 0.1) is 17.8 Å². The van der Waals surface area contributed by atoms with Crippen molar-refractivity contribution in [3.05, 3.63) is 35.4 Å². The van der Waals surface area contributed by atoms with E-state index >= 15 is 0 Å². The summed E-state index contributed by atoms with van der Waals surface area (Å²) in [6, 6.07) is 9.15. The van der Waals surface area contributed by atoms with Gasteiger partial charge in [0.2, 0.25) is 11.8 Å². The third-order valence-electron chi connectivity index (χ3n) is 7.53. The topological polar surface area (TPSA) is 49.4 Å². The minimum absolute atomic E-state index is 0.0443. The molecular weight excluding hydrogens is 336 g/mol. The van der Waals surface area contributed by atoms with Crippen molar-refractivity contribution >= 4 is 11.8 Å². The number of fused-ring (bicyclic) bond motifs is 1. The Hall–Kier alpha value is -1.84. The number of piperidine rings is 1. The van der Waals surface area contributed by atoms with Gasteiger partial charge in [0.1, 0.15) is 0 Å². The van der Waals surface area contributed by atoms with Crippen LogP contribution in [0.1, 0.15) is 63.5 Å². The van der Waals surface area contributed by atoms with Crippen LogP contribution in [0.2, 0.25) is 0 Å². The summed E-state index contributed by atoms with van der Waals surface area (Å²) in [7, 11) is 0. The Morgan fingerprint density at radius 1 is 1.11 bits per heavy atom. The highest BCUT2D eigenvalue weighted by atomic mass is 16.2. The van der Waals surface area contributed by atoms with Crippen molar-refractivity contribution in [2.45, 2.75) is 63.3 Å². The van der Waals surface area contributed by atoms with Gasteiger partial charge in [-0.05, 0) is 53.6 Å². The second-order valence-corrected chi connectivity index (χ2v) is 10.4. The van der Waals surface area contributed by atoms with Gasteiger partial charge in [0.05, 0.1) is 0 Å². The molecule has 4 fully saturated rings. The molecule has 4 heteroatoms. The predicted molar refractivity (Wildman–Crippen MR) is 104 cm³/mol. The number of rotatable bonds is 2. The summed E-state index contributed by atoms with van der Waals surface area (Å²) in [5, 5.41) is 3.09. The molecule has 1 aromatic rings. The molecule has 1 N–H and O–H groups in total. The number of hydrogen-bond donors (Lipinski definition) is 1. The first kappa shape index (κ1) is 17.3. The van der Waals surface area contributed by atoms with E-state index in [1.54, 1.807) is 0 Å². The molecule has 2 heterocycles. The molecule has 2 amide bonds. The van der Waals surface area contributed by atoms with Crippen LogP contribution in [0.15, 0.2) is 24.3 Å². The van der Waals surface area contributed by atoms with Crippen molar-refractivity contribution in [3.63, 3.8) is 0 Å². The van der Waals surface area contributed by atoms with Crippen LogP contribution in [-0.2, 0) is 15.0 Å². The van der Waals surface area contributed by atoms with E-state index in [1.165, 1.54) is 11.1 Å². The molecule has 5 rings (SSSR count). The van der Waals surface area contributed by atoms with Crippen molar-refractivity contribution in [3.8, 4) is 0 Å². The average Bonchev–Trinajstić information content (AvgIpc) is 2.93. The molecule has 1 aromatic carbocycles. The number of nitrogens with one attached hydrogen (secondary N) is 1. The molecule has 1 spiro atoms. The summed E-state index contributed by atoms with van der Waals surface area (Å²) >= 11 is 0. The Kier molecular flexibility index (Phi) is 3.57. The molecule has 3 atom stereocenters. The summed E-state index contributed by atoms with van der Waals surface area (Å²) in [6.07, 6.45) is 3.24. The van der Waals surface area contributed by atoms with Crippen molar-refractivity contribution in [1.29, 1.82) is 0 Å². The largest absolute Gasteiger partial charge is 0.351 e. The molecule has 2 saturated carbocycles. The summed E-state index contributed by atoms with van der Waals surface area (Å²) in [4.78, 5) is 26.4. The summed E-state index contributed by atoms with van der Waals surface area (Å²) in [5.41, 5.74) is 2.98. The van der Waals surface area contributed by atoms with Gasteiger partial charge < -0.3 is 10.2 Å². The number of amides is 2. The maximum atomic E-state index is 12.8. The lowest BCUT2D eigenvalue weighted by Crippen LogP contribution is -2.56. The first-order chi connectivity index (χ1) is 12.8. The zero-order valence-electron chi connectivity index (χ0n) is 16.6. The van der Waals surface area contributed by atoms with Gasteiger partial charge in [-0.3, -0.25) is 9.59 Å². The molecule has 2 aliphatic carbocycles. The maximum absolute atomic E-state index is 12.8. The van der Waals surface area contributed by atoms with Crippen LogP contribution in [0.5, 0.6) is 0 Å². The lowest BCUT2D eigenvalue weighted by atomic mass is 9.67. The van der Waals surface area contributed by atoms with Crippen molar-refractivity contribution < 1.29 is 9.59 Å². The van der Waals surface area contributed by atoms with Gasteiger partial charge in [0.25, 0.3) is 0 Å². The molecule has 2 aliphatic heterocycles. The summed E-state index contributed by atoms with van der Waals surface area (Å²) in [5.74, 6) is 2.55. The van der Waals surface area contributed by atoms with E-state index in [9.17, 15) is 9.59 Å². The van der Waals surface area contributed by atoms with Gasteiger partial charge in [0.15, 0.2) is 0 Å². The van der Waals surface area contributed by atoms with E-state index in [1.807, 2.05) is 0 Å². The Bertz CT molecular complexity index is 774. The number of nitrogens with zero attached hydrogens (tertiary/aromatic N) is 1. The van der Waals surface area contributed by atoms with E-state index < -0.39 is 0 Å². The summed E-state index contributed by atoms with van der Waals surface area (Å²) < 4.78 is 0. The van der Waals surface area contributed by atoms with E-state index in [0.717, 1.165) is 32.4 Å². The molecule has 2 saturated heterocycles. The number of carbonyl (C=O) groups is 2. The van der Waals surface area contributed by atoms with Crippen LogP contribution in [-0.4, -0.2) is 35.3 Å². The fourth-order valence-electron chi connectivity index (χ4n) is 5.80. The molecule has 0 radical (unpaired) electrons. The number of benzene rings is 1. The molecule has 0 bridgehead atoms. The smallest absolute Gasteiger partial charge is 0.225 e. The van der Waals surface area contributed by atoms with Crippen LogP contribution >= 0.6 is 0 Å². The van der Waals surface area contributed by atoms with Crippen molar-refractivity contribution in [2.24, 2.45) is 17.8 Å². The first-order valence-corrected chi connectivity index (χ1v) is 10.5. The number of carbonyl (C=O) groups excluding carboxylic acids is 2. The zero-order valence-corrected chi connectivity index (χ0v) is 16.6. The second kappa shape index (κ2) is 5.59. The highest BCUT2D eigenvalue weighted by molar-refractivity contribution is 5.84. The fraction of sp³-hybridized carbons (Fsp3) is 0.652. The van der Waals surface area contributed by atoms with E-state index in [4.69, 9.17) is 0 Å². The fourth-order valence-corrected chi connectivity index (χ4v) is 5.80. The van der Waals surface area contributed by atoms with E-state index in [0.29, 0.717) is 30.1 Å². The Balaban J connectivity index is 1.16. The number of hydrogen-bond acceptors (Lipinski definition) is 2. The Labute approximate surface area is 161 Å². The molecule has 4 nitrogen and oxygen atoms in total. The molecule has 27 heavy (non-hydrogen) atoms. The highest BCUT2D eigenvalue weighted by Crippen LogP contribution is 2.59. The second-order valence-electron chi connectivity index (χ2n) is 10.4. The Morgan fingerprint density at radius 2 is 1.74 bits per heavy atom. The van der Waals surface area contributed by atoms with Crippen LogP contribution < -0.4 is 5.32 Å². The standard InChI is InChI=1S/C23H30N2O2/c1-22(2,3)16-6-4-14(5-7-16)20-17-12-25(13-18(17)20)21(27)15-10-23(11-15)9-8-19(26)24-23/h4-7,15,17-18,20H,8-13H2,1-3H3,(H,24,26)/t15-,17-,18+,20+,23+. The minimum Gasteiger partial charge on any atom is -0.351 e. The van der Waals surface area contributed by atoms with Gasteiger partial charge >= 0.3 is 0 Å². The quantitative estimate of drug-likeness (QED) is 0.874. The van der Waals surface area contributed by atoms with Crippen molar-refractivity contribution in [2.75, 3.05) is 13.1 Å². The molecule has 4 aliphatic rings. The van der Waals surface area contributed by atoms with Gasteiger partial charge in [-0.25, -0.2) is 0 Å².